The summed E-state index contributed by atoms with van der Waals surface area (Å²) in [6.07, 6.45) is -13.0. The molecule has 4 saturated heterocycles. The summed E-state index contributed by atoms with van der Waals surface area (Å²) in [5, 5.41) is 94.4. The van der Waals surface area contributed by atoms with Crippen LogP contribution in [-0.4, -0.2) is 169 Å². The van der Waals surface area contributed by atoms with E-state index in [1.165, 1.54) is 6.92 Å². The van der Waals surface area contributed by atoms with Gasteiger partial charge in [-0.25, -0.2) is 0 Å². The molecule has 4 heterocycles. The van der Waals surface area contributed by atoms with Crippen LogP contribution in [0.1, 0.15) is 106 Å². The van der Waals surface area contributed by atoms with E-state index in [1.54, 1.807) is 6.92 Å². The van der Waals surface area contributed by atoms with Crippen molar-refractivity contribution in [3.8, 4) is 0 Å². The molecule has 0 bridgehead atoms. The van der Waals surface area contributed by atoms with Gasteiger partial charge in [0.15, 0.2) is 25.2 Å². The zero-order valence-electron chi connectivity index (χ0n) is 37.0. The molecule has 0 aromatic rings. The van der Waals surface area contributed by atoms with E-state index in [2.05, 4.69) is 27.7 Å². The molecule has 8 rings (SSSR count). The first-order chi connectivity index (χ1) is 29.3. The number of ether oxygens (including phenoxy) is 7. The highest BCUT2D eigenvalue weighted by atomic mass is 16.8. The minimum Gasteiger partial charge on any atom is -0.394 e. The van der Waals surface area contributed by atoms with Gasteiger partial charge in [0.2, 0.25) is 0 Å². The third kappa shape index (κ3) is 8.27. The highest BCUT2D eigenvalue weighted by Crippen LogP contribution is 2.68. The van der Waals surface area contributed by atoms with Gasteiger partial charge in [-0.2, -0.15) is 0 Å². The normalized spacial score (nSPS) is 56.4. The molecule has 4 aliphatic carbocycles. The van der Waals surface area contributed by atoms with E-state index in [-0.39, 0.29) is 46.4 Å². The number of Topliss-reactive ketones (excluding diaryl/α,β-unsaturated/α-hetero) is 1. The van der Waals surface area contributed by atoms with Crippen LogP contribution in [0, 0.1) is 52.3 Å². The number of aliphatic hydroxyl groups excluding tert-OH is 9. The largest absolute Gasteiger partial charge is 0.394 e. The van der Waals surface area contributed by atoms with E-state index in [0.717, 1.165) is 44.9 Å². The van der Waals surface area contributed by atoms with Crippen LogP contribution in [0.2, 0.25) is 0 Å². The van der Waals surface area contributed by atoms with Crippen molar-refractivity contribution >= 4 is 5.78 Å². The summed E-state index contributed by atoms with van der Waals surface area (Å²) in [5.74, 6) is 1.60. The molecule has 17 heteroatoms. The molecule has 4 saturated carbocycles. The van der Waals surface area contributed by atoms with Gasteiger partial charge in [0.1, 0.15) is 66.8 Å². The monoisotopic (exact) mass is 886 g/mol. The number of carbonyl (C=O) groups excluding carboxylic acids is 1. The van der Waals surface area contributed by atoms with Gasteiger partial charge in [0.25, 0.3) is 0 Å². The molecule has 9 N–H and O–H groups in total. The summed E-state index contributed by atoms with van der Waals surface area (Å²) in [7, 11) is 0. The van der Waals surface area contributed by atoms with E-state index in [0.29, 0.717) is 37.0 Å². The fourth-order valence-corrected chi connectivity index (χ4v) is 13.8. The van der Waals surface area contributed by atoms with Crippen LogP contribution in [0.25, 0.3) is 0 Å². The van der Waals surface area contributed by atoms with E-state index in [4.69, 9.17) is 33.2 Å². The summed E-state index contributed by atoms with van der Waals surface area (Å²) in [6.45, 7) is 11.6. The van der Waals surface area contributed by atoms with Crippen molar-refractivity contribution in [3.63, 3.8) is 0 Å². The Kier molecular flexibility index (Phi) is 14.0. The van der Waals surface area contributed by atoms with Crippen molar-refractivity contribution in [1.82, 2.24) is 0 Å². The second-order valence-electron chi connectivity index (χ2n) is 21.1. The lowest BCUT2D eigenvalue weighted by atomic mass is 9.44. The number of hydrogen-bond donors (Lipinski definition) is 9. The first-order valence-electron chi connectivity index (χ1n) is 23.4. The summed E-state index contributed by atoms with van der Waals surface area (Å²) >= 11 is 0. The molecule has 27 atom stereocenters. The van der Waals surface area contributed by atoms with Gasteiger partial charge in [-0.3, -0.25) is 4.79 Å². The molecule has 0 amide bonds. The third-order valence-electron chi connectivity index (χ3n) is 17.7. The quantitative estimate of drug-likeness (QED) is 0.143. The summed E-state index contributed by atoms with van der Waals surface area (Å²) in [4.78, 5) is 14.4. The van der Waals surface area contributed by atoms with Crippen molar-refractivity contribution in [2.24, 2.45) is 52.3 Å². The summed E-state index contributed by atoms with van der Waals surface area (Å²) in [5.41, 5.74) is -0.222. The molecule has 0 aromatic heterocycles. The summed E-state index contributed by atoms with van der Waals surface area (Å²) < 4.78 is 42.7. The maximum atomic E-state index is 14.4. The van der Waals surface area contributed by atoms with Crippen molar-refractivity contribution in [1.29, 1.82) is 0 Å². The Balaban J connectivity index is 0.917. The Labute approximate surface area is 364 Å². The first kappa shape index (κ1) is 47.5. The Morgan fingerprint density at radius 1 is 0.629 bits per heavy atom. The lowest BCUT2D eigenvalue weighted by molar-refractivity contribution is -0.370. The molecule has 62 heavy (non-hydrogen) atoms. The average Bonchev–Trinajstić information content (AvgIpc) is 3.60. The maximum Gasteiger partial charge on any atom is 0.189 e. The highest BCUT2D eigenvalue weighted by molar-refractivity contribution is 5.83. The SMILES string of the molecule is CC1CCC(C(C)C2CCC3C4CC(=O)C5CC(O[C@@H]6O[C@H](CO)[C@@H](O)[C@H](O)[C@H]6O[C@H]6O[C@@H](C)[C@H](O)[C@@H](O)[C@H]6O)CC[C@]5(C)C4CC[C@]23C)OC1O[C@H]1O[C@@H](C)[C@H](O)[C@@H](O)[C@H]1O. The molecule has 356 valence electrons. The average molecular weight is 887 g/mol. The molecule has 4 aliphatic heterocycles. The van der Waals surface area contributed by atoms with Crippen LogP contribution >= 0.6 is 0 Å². The Morgan fingerprint density at radius 2 is 1.24 bits per heavy atom. The lowest BCUT2D eigenvalue weighted by Gasteiger charge is -2.61. The number of hydrogen-bond acceptors (Lipinski definition) is 17. The van der Waals surface area contributed by atoms with Crippen molar-refractivity contribution in [2.45, 2.75) is 216 Å². The van der Waals surface area contributed by atoms with E-state index < -0.39 is 111 Å². The van der Waals surface area contributed by atoms with E-state index >= 15 is 0 Å². The van der Waals surface area contributed by atoms with Crippen LogP contribution in [0.3, 0.4) is 0 Å². The summed E-state index contributed by atoms with van der Waals surface area (Å²) in [6, 6.07) is 0. The minimum absolute atomic E-state index is 0.0229. The second kappa shape index (κ2) is 18.3. The number of ketones is 1. The van der Waals surface area contributed by atoms with E-state index in [9.17, 15) is 50.8 Å². The molecule has 0 radical (unpaired) electrons. The number of fused-ring (bicyclic) bond motifs is 5. The van der Waals surface area contributed by atoms with Crippen molar-refractivity contribution in [2.75, 3.05) is 6.61 Å². The second-order valence-corrected chi connectivity index (χ2v) is 21.1. The Morgan fingerprint density at radius 3 is 1.89 bits per heavy atom. The first-order valence-corrected chi connectivity index (χ1v) is 23.4. The lowest BCUT2D eigenvalue weighted by Crippen LogP contribution is -2.64. The van der Waals surface area contributed by atoms with Crippen LogP contribution in [0.5, 0.6) is 0 Å². The van der Waals surface area contributed by atoms with Crippen molar-refractivity contribution in [3.05, 3.63) is 0 Å². The van der Waals surface area contributed by atoms with E-state index in [1.807, 2.05) is 0 Å². The van der Waals surface area contributed by atoms with Crippen LogP contribution in [0.15, 0.2) is 0 Å². The minimum atomic E-state index is -1.67. The molecule has 0 aromatic carbocycles. The number of rotatable bonds is 9. The van der Waals surface area contributed by atoms with Gasteiger partial charge in [0.05, 0.1) is 31.0 Å². The predicted molar refractivity (Wildman–Crippen MR) is 215 cm³/mol. The Hall–Kier alpha value is -0.970. The fourth-order valence-electron chi connectivity index (χ4n) is 13.8. The molecule has 17 nitrogen and oxygen atoms in total. The van der Waals surface area contributed by atoms with Gasteiger partial charge in [-0.15, -0.1) is 0 Å². The zero-order valence-corrected chi connectivity index (χ0v) is 37.0. The van der Waals surface area contributed by atoms with Gasteiger partial charge in [0, 0.05) is 18.3 Å². The fraction of sp³-hybridized carbons (Fsp3) is 0.978. The molecule has 8 fully saturated rings. The third-order valence-corrected chi connectivity index (χ3v) is 17.7. The molecule has 10 unspecified atom stereocenters. The predicted octanol–water partition coefficient (Wildman–Crippen LogP) is 0.483. The number of carbonyl (C=O) groups is 1. The van der Waals surface area contributed by atoms with Crippen molar-refractivity contribution < 1.29 is 83.9 Å². The molecular weight excluding hydrogens is 812 g/mol. The van der Waals surface area contributed by atoms with Crippen LogP contribution in [-0.2, 0) is 38.0 Å². The smallest absolute Gasteiger partial charge is 0.189 e. The Bertz CT molecular complexity index is 1560. The molecular formula is C45H74O17. The zero-order chi connectivity index (χ0) is 44.7. The molecule has 8 aliphatic rings. The van der Waals surface area contributed by atoms with Crippen LogP contribution < -0.4 is 0 Å². The van der Waals surface area contributed by atoms with Gasteiger partial charge in [-0.05, 0) is 112 Å². The molecule has 0 spiro atoms. The number of aliphatic hydroxyl groups is 9. The van der Waals surface area contributed by atoms with Gasteiger partial charge < -0.3 is 79.1 Å². The van der Waals surface area contributed by atoms with Gasteiger partial charge >= 0.3 is 0 Å². The topological polar surface area (TPSA) is 264 Å². The highest BCUT2D eigenvalue weighted by Gasteiger charge is 2.64. The van der Waals surface area contributed by atoms with Crippen LogP contribution in [0.4, 0.5) is 0 Å². The standard InChI is InChI=1S/C45H74O17/c1-18-7-10-29(59-40(18)62-42-38(55)35(52)32(49)21(4)57-42)19(2)24-8-9-25-23-16-28(47)27-15-22(11-13-45(27,6)26(23)12-14-44(24,25)5)58-43-39(36(53)33(50)30(17-46)60-43)61-41-37(54)34(51)31(48)20(3)56-41/h18-27,29-43,46,48-55H,7-17H2,1-6H3/t18?,19?,20-,21-,22?,23?,24?,25?,26?,27?,29?,30+,31-,32-,33+,34+,35+,36-,37+,38+,39+,40?,41+,42+,43+,44+,45+/m0/s1. The van der Waals surface area contributed by atoms with Gasteiger partial charge in [-0.1, -0.05) is 27.7 Å². The maximum absolute atomic E-state index is 14.4.